The molecule has 1 atom stereocenters. The molecule has 0 bridgehead atoms. The summed E-state index contributed by atoms with van der Waals surface area (Å²) in [5.74, 6) is -0.363. The summed E-state index contributed by atoms with van der Waals surface area (Å²) < 4.78 is 28.4. The van der Waals surface area contributed by atoms with Gasteiger partial charge >= 0.3 is 0 Å². The first-order valence-electron chi connectivity index (χ1n) is 11.2. The van der Waals surface area contributed by atoms with E-state index < -0.39 is 10.0 Å². The third-order valence-corrected chi connectivity index (χ3v) is 7.56. The number of hydrogen-bond acceptors (Lipinski definition) is 3. The first-order valence-corrected chi connectivity index (χ1v) is 12.6. The highest BCUT2D eigenvalue weighted by Crippen LogP contribution is 2.28. The smallest absolute Gasteiger partial charge is 0.264 e. The van der Waals surface area contributed by atoms with E-state index in [0.29, 0.717) is 5.69 Å². The van der Waals surface area contributed by atoms with Crippen LogP contribution in [0.3, 0.4) is 0 Å². The number of hydrogen-bond donors (Lipinski definition) is 1. The lowest BCUT2D eigenvalue weighted by atomic mass is 10.1. The molecule has 3 aromatic carbocycles. The summed E-state index contributed by atoms with van der Waals surface area (Å²) in [5.41, 5.74) is 5.48. The van der Waals surface area contributed by atoms with Crippen molar-refractivity contribution >= 4 is 21.6 Å². The number of anilines is 1. The number of nitrogens with zero attached hydrogens (tertiary/aromatic N) is 1. The SMILES string of the molecule is CCc1ccc([C@@H](C)NC(=O)CN(c2ccc(C)cc2C)S(=O)(=O)c2ccc(C)cc2)cc1. The maximum Gasteiger partial charge on any atom is 0.264 e. The molecule has 5 nitrogen and oxygen atoms in total. The summed E-state index contributed by atoms with van der Waals surface area (Å²) in [6.07, 6.45) is 0.947. The van der Waals surface area contributed by atoms with E-state index in [4.69, 9.17) is 0 Å². The first kappa shape index (κ1) is 24.5. The topological polar surface area (TPSA) is 66.5 Å². The van der Waals surface area contributed by atoms with Crippen molar-refractivity contribution in [1.82, 2.24) is 5.32 Å². The zero-order valence-corrected chi connectivity index (χ0v) is 20.7. The third kappa shape index (κ3) is 5.82. The largest absolute Gasteiger partial charge is 0.348 e. The second kappa shape index (κ2) is 10.2. The van der Waals surface area contributed by atoms with Gasteiger partial charge in [0.1, 0.15) is 6.54 Å². The van der Waals surface area contributed by atoms with Crippen LogP contribution in [-0.2, 0) is 21.2 Å². The van der Waals surface area contributed by atoms with E-state index in [1.165, 1.54) is 9.87 Å². The zero-order chi connectivity index (χ0) is 24.2. The van der Waals surface area contributed by atoms with E-state index in [1.54, 1.807) is 30.3 Å². The van der Waals surface area contributed by atoms with Crippen LogP contribution in [0.2, 0.25) is 0 Å². The van der Waals surface area contributed by atoms with E-state index >= 15 is 0 Å². The first-order chi connectivity index (χ1) is 15.6. The van der Waals surface area contributed by atoms with Crippen LogP contribution in [-0.4, -0.2) is 20.9 Å². The molecule has 0 unspecified atom stereocenters. The molecule has 3 rings (SSSR count). The maximum absolute atomic E-state index is 13.6. The van der Waals surface area contributed by atoms with Crippen molar-refractivity contribution in [2.45, 2.75) is 52.0 Å². The molecule has 1 amide bonds. The van der Waals surface area contributed by atoms with Crippen molar-refractivity contribution in [2.75, 3.05) is 10.8 Å². The average molecular weight is 465 g/mol. The van der Waals surface area contributed by atoms with Gasteiger partial charge in [-0.1, -0.05) is 66.6 Å². The molecule has 0 radical (unpaired) electrons. The van der Waals surface area contributed by atoms with Crippen molar-refractivity contribution in [2.24, 2.45) is 0 Å². The minimum atomic E-state index is -3.94. The van der Waals surface area contributed by atoms with Crippen LogP contribution in [0.25, 0.3) is 0 Å². The number of rotatable bonds is 8. The van der Waals surface area contributed by atoms with Crippen LogP contribution in [0.5, 0.6) is 0 Å². The number of nitrogens with one attached hydrogen (secondary N) is 1. The molecule has 0 aromatic heterocycles. The molecule has 0 aliphatic heterocycles. The van der Waals surface area contributed by atoms with Gasteiger partial charge in [0.05, 0.1) is 16.6 Å². The Morgan fingerprint density at radius 3 is 2.09 bits per heavy atom. The van der Waals surface area contributed by atoms with Gasteiger partial charge < -0.3 is 5.32 Å². The lowest BCUT2D eigenvalue weighted by Gasteiger charge is -2.26. The van der Waals surface area contributed by atoms with Gasteiger partial charge in [-0.25, -0.2) is 8.42 Å². The van der Waals surface area contributed by atoms with E-state index in [-0.39, 0.29) is 23.4 Å². The molecule has 3 aromatic rings. The van der Waals surface area contributed by atoms with E-state index in [9.17, 15) is 13.2 Å². The van der Waals surface area contributed by atoms with Gasteiger partial charge in [-0.15, -0.1) is 0 Å². The quantitative estimate of drug-likeness (QED) is 0.495. The van der Waals surface area contributed by atoms with Crippen LogP contribution in [0, 0.1) is 20.8 Å². The number of amides is 1. The predicted octanol–water partition coefficient (Wildman–Crippen LogP) is 5.25. The highest BCUT2D eigenvalue weighted by atomic mass is 32.2. The van der Waals surface area contributed by atoms with Crippen LogP contribution in [0.1, 0.15) is 47.7 Å². The van der Waals surface area contributed by atoms with Gasteiger partial charge in [-0.05, 0) is 69.0 Å². The fraction of sp³-hybridized carbons (Fsp3) is 0.296. The zero-order valence-electron chi connectivity index (χ0n) is 19.9. The average Bonchev–Trinajstić information content (AvgIpc) is 2.78. The van der Waals surface area contributed by atoms with E-state index in [1.807, 2.05) is 64.1 Å². The van der Waals surface area contributed by atoms with E-state index in [2.05, 4.69) is 12.2 Å². The van der Waals surface area contributed by atoms with Gasteiger partial charge in [-0.3, -0.25) is 9.10 Å². The van der Waals surface area contributed by atoms with E-state index in [0.717, 1.165) is 28.7 Å². The predicted molar refractivity (Wildman–Crippen MR) is 134 cm³/mol. The molecule has 0 spiro atoms. The Hall–Kier alpha value is -3.12. The third-order valence-electron chi connectivity index (χ3n) is 5.78. The number of benzene rings is 3. The minimum absolute atomic E-state index is 0.157. The molecule has 0 aliphatic rings. The van der Waals surface area contributed by atoms with Crippen molar-refractivity contribution in [3.8, 4) is 0 Å². The van der Waals surface area contributed by atoms with Gasteiger partial charge in [0.15, 0.2) is 0 Å². The molecule has 0 saturated heterocycles. The Morgan fingerprint density at radius 1 is 0.909 bits per heavy atom. The number of carbonyl (C=O) groups excluding carboxylic acids is 1. The molecular formula is C27H32N2O3S. The molecule has 1 N–H and O–H groups in total. The lowest BCUT2D eigenvalue weighted by Crippen LogP contribution is -2.42. The Bertz CT molecular complexity index is 1220. The Kier molecular flexibility index (Phi) is 7.59. The summed E-state index contributed by atoms with van der Waals surface area (Å²) in [7, 11) is -3.94. The molecule has 33 heavy (non-hydrogen) atoms. The van der Waals surface area contributed by atoms with Crippen molar-refractivity contribution < 1.29 is 13.2 Å². The monoisotopic (exact) mass is 464 g/mol. The fourth-order valence-corrected chi connectivity index (χ4v) is 5.25. The number of aryl methyl sites for hydroxylation is 4. The van der Waals surface area contributed by atoms with Gasteiger partial charge in [-0.2, -0.15) is 0 Å². The van der Waals surface area contributed by atoms with Crippen LogP contribution in [0.4, 0.5) is 5.69 Å². The fourth-order valence-electron chi connectivity index (χ4n) is 3.77. The van der Waals surface area contributed by atoms with Gasteiger partial charge in [0.25, 0.3) is 10.0 Å². The van der Waals surface area contributed by atoms with Gasteiger partial charge in [0.2, 0.25) is 5.91 Å². The molecule has 0 saturated carbocycles. The summed E-state index contributed by atoms with van der Waals surface area (Å²) in [4.78, 5) is 13.2. The maximum atomic E-state index is 13.6. The second-order valence-electron chi connectivity index (χ2n) is 8.50. The standard InChI is InChI=1S/C27H32N2O3S/c1-6-23-10-12-24(13-11-23)22(5)28-27(30)18-29(26-16-9-20(3)17-21(26)4)33(31,32)25-14-7-19(2)8-15-25/h7-17,22H,6,18H2,1-5H3,(H,28,30)/t22-/m1/s1. The molecule has 174 valence electrons. The number of carbonyl (C=O) groups is 1. The van der Waals surface area contributed by atoms with Crippen molar-refractivity contribution in [3.63, 3.8) is 0 Å². The minimum Gasteiger partial charge on any atom is -0.348 e. The Morgan fingerprint density at radius 2 is 1.52 bits per heavy atom. The summed E-state index contributed by atoms with van der Waals surface area (Å²) >= 11 is 0. The molecule has 0 heterocycles. The van der Waals surface area contributed by atoms with Gasteiger partial charge in [0, 0.05) is 0 Å². The van der Waals surface area contributed by atoms with Crippen LogP contribution < -0.4 is 9.62 Å². The van der Waals surface area contributed by atoms with Crippen molar-refractivity contribution in [1.29, 1.82) is 0 Å². The summed E-state index contributed by atoms with van der Waals surface area (Å²) in [5, 5.41) is 2.95. The lowest BCUT2D eigenvalue weighted by molar-refractivity contribution is -0.120. The molecule has 0 aliphatic carbocycles. The molecule has 0 fully saturated rings. The number of sulfonamides is 1. The Labute approximate surface area is 197 Å². The second-order valence-corrected chi connectivity index (χ2v) is 10.4. The van der Waals surface area contributed by atoms with Crippen molar-refractivity contribution in [3.05, 3.63) is 94.5 Å². The normalized spacial score (nSPS) is 12.3. The Balaban J connectivity index is 1.90. The molecular weight excluding hydrogens is 432 g/mol. The highest BCUT2D eigenvalue weighted by molar-refractivity contribution is 7.92. The summed E-state index contributed by atoms with van der Waals surface area (Å²) in [6.45, 7) is 9.40. The molecule has 6 heteroatoms. The van der Waals surface area contributed by atoms with Crippen LogP contribution >= 0.6 is 0 Å². The van der Waals surface area contributed by atoms with Crippen LogP contribution in [0.15, 0.2) is 71.6 Å². The summed E-state index contributed by atoms with van der Waals surface area (Å²) in [6, 6.07) is 20.0. The highest BCUT2D eigenvalue weighted by Gasteiger charge is 2.28.